The summed E-state index contributed by atoms with van der Waals surface area (Å²) in [5, 5.41) is 2.25. The second-order valence-corrected chi connectivity index (χ2v) is 6.38. The number of carbonyl (C=O) groups is 1. The van der Waals surface area contributed by atoms with Crippen molar-refractivity contribution in [2.45, 2.75) is 24.0 Å². The lowest BCUT2D eigenvalue weighted by Gasteiger charge is -2.25. The Morgan fingerprint density at radius 1 is 1.40 bits per heavy atom. The fourth-order valence-corrected chi connectivity index (χ4v) is 3.82. The van der Waals surface area contributed by atoms with E-state index in [2.05, 4.69) is 18.4 Å². The largest absolute Gasteiger partial charge is 0.496 e. The normalized spacial score (nSPS) is 22.4. The molecule has 110 valence electrons. The van der Waals surface area contributed by atoms with Crippen molar-refractivity contribution >= 4 is 17.7 Å². The first-order chi connectivity index (χ1) is 9.69. The highest BCUT2D eigenvalue weighted by atomic mass is 32.2. The molecule has 5 heteroatoms. The second kappa shape index (κ2) is 6.99. The predicted octanol–water partition coefficient (Wildman–Crippen LogP) is 1.24. The number of quaternary nitrogens is 1. The van der Waals surface area contributed by atoms with Crippen LogP contribution in [0.2, 0.25) is 0 Å². The van der Waals surface area contributed by atoms with Crippen molar-refractivity contribution in [1.82, 2.24) is 4.90 Å². The Bertz CT molecular complexity index is 467. The number of methoxy groups -OCH3 is 1. The summed E-state index contributed by atoms with van der Waals surface area (Å²) in [6.45, 7) is 3.84. The number of ether oxygens (including phenoxy) is 1. The van der Waals surface area contributed by atoms with Crippen molar-refractivity contribution < 1.29 is 14.8 Å². The lowest BCUT2D eigenvalue weighted by atomic mass is 10.1. The van der Waals surface area contributed by atoms with Gasteiger partial charge in [-0.3, -0.25) is 4.79 Å². The number of hydrogen-bond acceptors (Lipinski definition) is 3. The first kappa shape index (κ1) is 15.2. The molecule has 0 radical (unpaired) electrons. The Balaban J connectivity index is 2.21. The molecule has 1 heterocycles. The number of nitrogens with zero attached hydrogens (tertiary/aromatic N) is 1. The number of benzene rings is 1. The smallest absolute Gasteiger partial charge is 0.236 e. The Morgan fingerprint density at radius 2 is 2.15 bits per heavy atom. The molecule has 1 fully saturated rings. The van der Waals surface area contributed by atoms with Crippen molar-refractivity contribution in [2.24, 2.45) is 0 Å². The molecule has 0 spiro atoms. The number of hydrogen-bond donors (Lipinski definition) is 1. The van der Waals surface area contributed by atoms with Crippen molar-refractivity contribution in [3.8, 4) is 5.75 Å². The Labute approximate surface area is 124 Å². The van der Waals surface area contributed by atoms with Crippen LogP contribution in [0.15, 0.2) is 24.3 Å². The van der Waals surface area contributed by atoms with Crippen molar-refractivity contribution in [1.29, 1.82) is 0 Å². The molecule has 1 saturated heterocycles. The van der Waals surface area contributed by atoms with Crippen LogP contribution < -0.4 is 10.1 Å². The van der Waals surface area contributed by atoms with Gasteiger partial charge in [-0.2, -0.15) is 0 Å². The van der Waals surface area contributed by atoms with E-state index in [1.807, 2.05) is 30.0 Å². The van der Waals surface area contributed by atoms with E-state index in [1.165, 1.54) is 0 Å². The summed E-state index contributed by atoms with van der Waals surface area (Å²) >= 11 is 1.71. The van der Waals surface area contributed by atoms with Gasteiger partial charge >= 0.3 is 0 Å². The van der Waals surface area contributed by atoms with Gasteiger partial charge in [0.25, 0.3) is 0 Å². The zero-order valence-electron chi connectivity index (χ0n) is 12.3. The van der Waals surface area contributed by atoms with E-state index in [9.17, 15) is 4.79 Å². The van der Waals surface area contributed by atoms with Crippen LogP contribution in [0.3, 0.4) is 0 Å². The average Bonchev–Trinajstić information content (AvgIpc) is 2.75. The van der Waals surface area contributed by atoms with Crippen molar-refractivity contribution in [3.63, 3.8) is 0 Å². The number of carbonyl (C=O) groups excluding carboxylic acids is 1. The summed E-state index contributed by atoms with van der Waals surface area (Å²) in [5.41, 5.74) is 1.10. The minimum atomic E-state index is 0.0236. The van der Waals surface area contributed by atoms with Gasteiger partial charge in [0.2, 0.25) is 5.91 Å². The van der Waals surface area contributed by atoms with E-state index in [1.54, 1.807) is 18.9 Å². The molecule has 0 bridgehead atoms. The third-order valence-corrected chi connectivity index (χ3v) is 4.92. The molecule has 1 aliphatic heterocycles. The van der Waals surface area contributed by atoms with Crippen LogP contribution in [0.4, 0.5) is 0 Å². The molecule has 1 aromatic rings. The maximum atomic E-state index is 12.3. The maximum Gasteiger partial charge on any atom is 0.236 e. The zero-order valence-corrected chi connectivity index (χ0v) is 13.2. The molecule has 20 heavy (non-hydrogen) atoms. The molecule has 1 aromatic carbocycles. The van der Waals surface area contributed by atoms with Gasteiger partial charge in [-0.1, -0.05) is 18.2 Å². The Morgan fingerprint density at radius 3 is 2.85 bits per heavy atom. The highest BCUT2D eigenvalue weighted by molar-refractivity contribution is 8.01. The molecule has 1 amide bonds. The first-order valence-electron chi connectivity index (χ1n) is 7.05. The van der Waals surface area contributed by atoms with Crippen LogP contribution in [0.25, 0.3) is 0 Å². The predicted molar refractivity (Wildman–Crippen MR) is 81.8 cm³/mol. The zero-order chi connectivity index (χ0) is 14.5. The van der Waals surface area contributed by atoms with Gasteiger partial charge in [0.1, 0.15) is 11.1 Å². The van der Waals surface area contributed by atoms with Crippen LogP contribution in [0.1, 0.15) is 24.3 Å². The minimum Gasteiger partial charge on any atom is -0.496 e. The van der Waals surface area contributed by atoms with E-state index >= 15 is 0 Å². The van der Waals surface area contributed by atoms with Crippen LogP contribution in [0, 0.1) is 0 Å². The molecule has 1 aliphatic rings. The van der Waals surface area contributed by atoms with Gasteiger partial charge in [-0.25, -0.2) is 0 Å². The lowest BCUT2D eigenvalue weighted by molar-refractivity contribution is -0.627. The molecule has 2 atom stereocenters. The van der Waals surface area contributed by atoms with Crippen molar-refractivity contribution in [2.75, 3.05) is 27.2 Å². The van der Waals surface area contributed by atoms with Gasteiger partial charge in [0.15, 0.2) is 0 Å². The fourth-order valence-electron chi connectivity index (χ4n) is 2.48. The van der Waals surface area contributed by atoms with Crippen LogP contribution in [-0.4, -0.2) is 43.3 Å². The summed E-state index contributed by atoms with van der Waals surface area (Å²) < 4.78 is 5.44. The van der Waals surface area contributed by atoms with Gasteiger partial charge in [0.05, 0.1) is 26.0 Å². The monoisotopic (exact) mass is 295 g/mol. The molecule has 2 rings (SSSR count). The summed E-state index contributed by atoms with van der Waals surface area (Å²) in [6, 6.07) is 7.98. The number of rotatable bonds is 6. The van der Waals surface area contributed by atoms with E-state index in [-0.39, 0.29) is 16.5 Å². The molecule has 0 unspecified atom stereocenters. The van der Waals surface area contributed by atoms with Crippen LogP contribution >= 0.6 is 11.8 Å². The summed E-state index contributed by atoms with van der Waals surface area (Å²) in [5.74, 6) is 1.10. The number of para-hydroxylation sites is 1. The maximum absolute atomic E-state index is 12.3. The third-order valence-electron chi connectivity index (χ3n) is 3.54. The molecular formula is C15H23N2O2S+. The molecule has 0 saturated carbocycles. The van der Waals surface area contributed by atoms with Crippen LogP contribution in [-0.2, 0) is 4.79 Å². The van der Waals surface area contributed by atoms with Gasteiger partial charge in [-0.15, -0.1) is 11.8 Å². The molecule has 4 nitrogen and oxygen atoms in total. The standard InChI is InChI=1S/C15H22N2O2S/c1-11-14(18)17(10-6-9-16-2)15(20-11)12-7-4-5-8-13(12)19-3/h4-5,7-8,11,15-16H,6,9-10H2,1-3H3/p+1/t11-,15-/m1/s1. The molecule has 2 N–H and O–H groups in total. The summed E-state index contributed by atoms with van der Waals surface area (Å²) in [6.07, 6.45) is 1.02. The van der Waals surface area contributed by atoms with E-state index in [4.69, 9.17) is 4.74 Å². The summed E-state index contributed by atoms with van der Waals surface area (Å²) in [4.78, 5) is 14.3. The molecule has 0 aromatic heterocycles. The number of amides is 1. The van der Waals surface area contributed by atoms with Gasteiger partial charge < -0.3 is 15.0 Å². The number of nitrogens with two attached hydrogens (primary N) is 1. The van der Waals surface area contributed by atoms with Crippen LogP contribution in [0.5, 0.6) is 5.75 Å². The highest BCUT2D eigenvalue weighted by Crippen LogP contribution is 2.45. The second-order valence-electron chi connectivity index (χ2n) is 4.95. The van der Waals surface area contributed by atoms with E-state index < -0.39 is 0 Å². The lowest BCUT2D eigenvalue weighted by Crippen LogP contribution is -2.79. The topological polar surface area (TPSA) is 46.2 Å². The third kappa shape index (κ3) is 3.10. The first-order valence-corrected chi connectivity index (χ1v) is 8.00. The average molecular weight is 295 g/mol. The minimum absolute atomic E-state index is 0.0236. The SMILES string of the molecule is C[NH2+]CCCN1C(=O)[C@@H](C)S[C@@H]1c1ccccc1OC. The van der Waals surface area contributed by atoms with Crippen molar-refractivity contribution in [3.05, 3.63) is 29.8 Å². The summed E-state index contributed by atoms with van der Waals surface area (Å²) in [7, 11) is 3.74. The molecular weight excluding hydrogens is 272 g/mol. The molecule has 0 aliphatic carbocycles. The highest BCUT2D eigenvalue weighted by Gasteiger charge is 2.39. The van der Waals surface area contributed by atoms with Gasteiger partial charge in [0, 0.05) is 18.5 Å². The fraction of sp³-hybridized carbons (Fsp3) is 0.533. The van der Waals surface area contributed by atoms with E-state index in [0.717, 1.165) is 30.8 Å². The number of thioether (sulfide) groups is 1. The quantitative estimate of drug-likeness (QED) is 0.803. The Hall–Kier alpha value is -1.20. The Kier molecular flexibility index (Phi) is 5.31. The van der Waals surface area contributed by atoms with E-state index in [0.29, 0.717) is 0 Å². The van der Waals surface area contributed by atoms with Gasteiger partial charge in [-0.05, 0) is 13.0 Å².